The van der Waals surface area contributed by atoms with Gasteiger partial charge in [-0.2, -0.15) is 0 Å². The molecular formula is C13H21N3O. The van der Waals surface area contributed by atoms with Crippen LogP contribution in [-0.4, -0.2) is 34.0 Å². The van der Waals surface area contributed by atoms with Gasteiger partial charge in [0, 0.05) is 24.6 Å². The molecule has 1 unspecified atom stereocenters. The Morgan fingerprint density at radius 3 is 2.94 bits per heavy atom. The minimum Gasteiger partial charge on any atom is -0.311 e. The van der Waals surface area contributed by atoms with Gasteiger partial charge in [-0.15, -0.1) is 0 Å². The van der Waals surface area contributed by atoms with Crippen molar-refractivity contribution in [3.05, 3.63) is 27.9 Å². The number of aromatic amines is 1. The Balaban J connectivity index is 2.18. The molecule has 0 bridgehead atoms. The minimum atomic E-state index is -0.0332. The van der Waals surface area contributed by atoms with Crippen LogP contribution >= 0.6 is 0 Å². The predicted molar refractivity (Wildman–Crippen MR) is 68.3 cm³/mol. The Hall–Kier alpha value is -1.16. The van der Waals surface area contributed by atoms with Gasteiger partial charge in [-0.3, -0.25) is 4.79 Å². The summed E-state index contributed by atoms with van der Waals surface area (Å²) in [7, 11) is 0. The number of rotatable bonds is 2. The van der Waals surface area contributed by atoms with E-state index in [2.05, 4.69) is 28.7 Å². The molecule has 2 heterocycles. The van der Waals surface area contributed by atoms with Crippen LogP contribution in [0.5, 0.6) is 0 Å². The molecule has 0 aliphatic carbocycles. The fourth-order valence-electron chi connectivity index (χ4n) is 2.53. The zero-order valence-corrected chi connectivity index (χ0v) is 10.9. The molecule has 1 N–H and O–H groups in total. The molecule has 0 aromatic carbocycles. The van der Waals surface area contributed by atoms with Crippen molar-refractivity contribution in [2.45, 2.75) is 45.6 Å². The maximum Gasteiger partial charge on any atom is 0.251 e. The van der Waals surface area contributed by atoms with Crippen molar-refractivity contribution in [1.82, 2.24) is 14.9 Å². The predicted octanol–water partition coefficient (Wildman–Crippen LogP) is 1.67. The maximum atomic E-state index is 11.5. The zero-order valence-electron chi connectivity index (χ0n) is 10.9. The summed E-state index contributed by atoms with van der Waals surface area (Å²) in [6.07, 6.45) is 2.33. The van der Waals surface area contributed by atoms with Crippen LogP contribution in [0.1, 0.15) is 44.1 Å². The highest BCUT2D eigenvalue weighted by Crippen LogP contribution is 2.25. The van der Waals surface area contributed by atoms with Crippen LogP contribution in [0, 0.1) is 6.92 Å². The van der Waals surface area contributed by atoms with E-state index in [9.17, 15) is 4.79 Å². The lowest BCUT2D eigenvalue weighted by atomic mass is 9.93. The number of aryl methyl sites for hydroxylation is 1. The molecule has 1 atom stereocenters. The second-order valence-electron chi connectivity index (χ2n) is 5.18. The summed E-state index contributed by atoms with van der Waals surface area (Å²) in [6, 6.07) is 2.22. The van der Waals surface area contributed by atoms with Gasteiger partial charge in [-0.1, -0.05) is 0 Å². The SMILES string of the molecule is Cc1nc(C2CCCN(C(C)C)C2)cc(=O)[nH]1. The Labute approximate surface area is 102 Å². The van der Waals surface area contributed by atoms with Gasteiger partial charge in [0.05, 0.1) is 5.69 Å². The molecule has 1 saturated heterocycles. The van der Waals surface area contributed by atoms with Gasteiger partial charge >= 0.3 is 0 Å². The maximum absolute atomic E-state index is 11.5. The Morgan fingerprint density at radius 1 is 1.53 bits per heavy atom. The van der Waals surface area contributed by atoms with Gasteiger partial charge in [-0.05, 0) is 40.2 Å². The largest absolute Gasteiger partial charge is 0.311 e. The van der Waals surface area contributed by atoms with Crippen molar-refractivity contribution < 1.29 is 0 Å². The highest BCUT2D eigenvalue weighted by Gasteiger charge is 2.24. The summed E-state index contributed by atoms with van der Waals surface area (Å²) < 4.78 is 0. The van der Waals surface area contributed by atoms with Gasteiger partial charge in [0.15, 0.2) is 0 Å². The average Bonchev–Trinajstić information content (AvgIpc) is 2.28. The van der Waals surface area contributed by atoms with Gasteiger partial charge in [0.25, 0.3) is 5.56 Å². The van der Waals surface area contributed by atoms with E-state index in [1.165, 1.54) is 6.42 Å². The highest BCUT2D eigenvalue weighted by atomic mass is 16.1. The summed E-state index contributed by atoms with van der Waals surface area (Å²) in [5.41, 5.74) is 0.922. The molecule has 0 spiro atoms. The van der Waals surface area contributed by atoms with Crippen LogP contribution < -0.4 is 5.56 Å². The van der Waals surface area contributed by atoms with E-state index in [1.807, 2.05) is 6.92 Å². The van der Waals surface area contributed by atoms with Crippen LogP contribution in [0.3, 0.4) is 0 Å². The first-order chi connectivity index (χ1) is 8.06. The third-order valence-electron chi connectivity index (χ3n) is 3.48. The van der Waals surface area contributed by atoms with E-state index in [-0.39, 0.29) is 5.56 Å². The van der Waals surface area contributed by atoms with Crippen molar-refractivity contribution in [2.24, 2.45) is 0 Å². The van der Waals surface area contributed by atoms with Crippen LogP contribution in [0.4, 0.5) is 0 Å². The summed E-state index contributed by atoms with van der Waals surface area (Å²) in [4.78, 5) is 21.1. The standard InChI is InChI=1S/C13H21N3O/c1-9(2)16-6-4-5-11(8-16)12-7-13(17)15-10(3)14-12/h7,9,11H,4-6,8H2,1-3H3,(H,14,15,17). The molecule has 1 fully saturated rings. The number of H-pyrrole nitrogens is 1. The molecule has 2 rings (SSSR count). The van der Waals surface area contributed by atoms with Crippen LogP contribution in [0.15, 0.2) is 10.9 Å². The first-order valence-corrected chi connectivity index (χ1v) is 6.38. The normalized spacial score (nSPS) is 22.0. The van der Waals surface area contributed by atoms with Crippen LogP contribution in [-0.2, 0) is 0 Å². The minimum absolute atomic E-state index is 0.0332. The smallest absolute Gasteiger partial charge is 0.251 e. The lowest BCUT2D eigenvalue weighted by molar-refractivity contribution is 0.166. The number of likely N-dealkylation sites (tertiary alicyclic amines) is 1. The topological polar surface area (TPSA) is 49.0 Å². The molecule has 0 radical (unpaired) electrons. The number of piperidine rings is 1. The third kappa shape index (κ3) is 2.94. The van der Waals surface area contributed by atoms with Crippen molar-refractivity contribution in [3.63, 3.8) is 0 Å². The third-order valence-corrected chi connectivity index (χ3v) is 3.48. The van der Waals surface area contributed by atoms with E-state index >= 15 is 0 Å². The van der Waals surface area contributed by atoms with Gasteiger partial charge in [0.2, 0.25) is 0 Å². The van der Waals surface area contributed by atoms with Crippen molar-refractivity contribution in [3.8, 4) is 0 Å². The van der Waals surface area contributed by atoms with Gasteiger partial charge in [-0.25, -0.2) is 4.98 Å². The lowest BCUT2D eigenvalue weighted by Crippen LogP contribution is -2.39. The Morgan fingerprint density at radius 2 is 2.29 bits per heavy atom. The van der Waals surface area contributed by atoms with E-state index in [1.54, 1.807) is 6.07 Å². The summed E-state index contributed by atoms with van der Waals surface area (Å²) in [6.45, 7) is 8.47. The number of aromatic nitrogens is 2. The highest BCUT2D eigenvalue weighted by molar-refractivity contribution is 5.10. The molecule has 17 heavy (non-hydrogen) atoms. The molecule has 1 aromatic heterocycles. The van der Waals surface area contributed by atoms with Crippen molar-refractivity contribution in [1.29, 1.82) is 0 Å². The van der Waals surface area contributed by atoms with Gasteiger partial charge in [0.1, 0.15) is 5.82 Å². The van der Waals surface area contributed by atoms with E-state index in [0.29, 0.717) is 17.8 Å². The Bertz CT molecular complexity index is 439. The van der Waals surface area contributed by atoms with E-state index in [0.717, 1.165) is 25.2 Å². The van der Waals surface area contributed by atoms with E-state index in [4.69, 9.17) is 0 Å². The monoisotopic (exact) mass is 235 g/mol. The molecule has 1 aliphatic heterocycles. The molecular weight excluding hydrogens is 214 g/mol. The van der Waals surface area contributed by atoms with Crippen LogP contribution in [0.25, 0.3) is 0 Å². The molecule has 0 saturated carbocycles. The summed E-state index contributed by atoms with van der Waals surface area (Å²) >= 11 is 0. The van der Waals surface area contributed by atoms with Crippen molar-refractivity contribution >= 4 is 0 Å². The second kappa shape index (κ2) is 5.00. The number of nitrogens with one attached hydrogen (secondary N) is 1. The Kier molecular flexibility index (Phi) is 3.62. The fourth-order valence-corrected chi connectivity index (χ4v) is 2.53. The average molecular weight is 235 g/mol. The molecule has 0 amide bonds. The second-order valence-corrected chi connectivity index (χ2v) is 5.18. The van der Waals surface area contributed by atoms with Crippen LogP contribution in [0.2, 0.25) is 0 Å². The number of hydrogen-bond acceptors (Lipinski definition) is 3. The van der Waals surface area contributed by atoms with Crippen molar-refractivity contribution in [2.75, 3.05) is 13.1 Å². The molecule has 4 heteroatoms. The molecule has 1 aliphatic rings. The molecule has 1 aromatic rings. The first kappa shape index (κ1) is 12.3. The van der Waals surface area contributed by atoms with Gasteiger partial charge < -0.3 is 9.88 Å². The number of nitrogens with zero attached hydrogens (tertiary/aromatic N) is 2. The lowest BCUT2D eigenvalue weighted by Gasteiger charge is -2.35. The molecule has 94 valence electrons. The van der Waals surface area contributed by atoms with E-state index < -0.39 is 0 Å². The zero-order chi connectivity index (χ0) is 12.4. The molecule has 4 nitrogen and oxygen atoms in total. The fraction of sp³-hybridized carbons (Fsp3) is 0.692. The first-order valence-electron chi connectivity index (χ1n) is 6.38. The summed E-state index contributed by atoms with van der Waals surface area (Å²) in [5, 5.41) is 0. The quantitative estimate of drug-likeness (QED) is 0.848. The number of hydrogen-bond donors (Lipinski definition) is 1. The summed E-state index contributed by atoms with van der Waals surface area (Å²) in [5.74, 6) is 1.13.